The number of fused-ring (bicyclic) bond motifs is 1. The van der Waals surface area contributed by atoms with Gasteiger partial charge in [-0.1, -0.05) is 82.6 Å². The van der Waals surface area contributed by atoms with Gasteiger partial charge in [-0.2, -0.15) is 0 Å². The zero-order valence-electron chi connectivity index (χ0n) is 20.3. The molecule has 3 rings (SSSR count). The second-order valence-corrected chi connectivity index (χ2v) is 10.9. The molecule has 0 aliphatic heterocycles. The monoisotopic (exact) mass is 446 g/mol. The van der Waals surface area contributed by atoms with Crippen LogP contribution < -0.4 is 0 Å². The first kappa shape index (κ1) is 25.5. The highest BCUT2D eigenvalue weighted by Gasteiger charge is 2.59. The molecule has 4 nitrogen and oxygen atoms in total. The van der Waals surface area contributed by atoms with Crippen LogP contribution in [0.1, 0.15) is 104 Å². The van der Waals surface area contributed by atoms with Crippen LogP contribution in [0, 0.1) is 29.1 Å². The number of aliphatic hydroxyl groups excluding tert-OH is 2. The van der Waals surface area contributed by atoms with Crippen molar-refractivity contribution in [3.63, 3.8) is 0 Å². The average molecular weight is 447 g/mol. The summed E-state index contributed by atoms with van der Waals surface area (Å²) in [5, 5.41) is 30.8. The van der Waals surface area contributed by atoms with Gasteiger partial charge in [0.25, 0.3) is 0 Å². The summed E-state index contributed by atoms with van der Waals surface area (Å²) < 4.78 is 0. The second kappa shape index (κ2) is 11.8. The largest absolute Gasteiger partial charge is 0.481 e. The van der Waals surface area contributed by atoms with Crippen molar-refractivity contribution >= 4 is 5.97 Å². The molecule has 3 aliphatic carbocycles. The summed E-state index contributed by atoms with van der Waals surface area (Å²) in [6.07, 6.45) is 20.1. The molecule has 3 fully saturated rings. The van der Waals surface area contributed by atoms with Gasteiger partial charge in [0, 0.05) is 12.3 Å². The number of hydrogen-bond donors (Lipinski definition) is 3. The quantitative estimate of drug-likeness (QED) is 0.258. The fraction of sp³-hybridized carbons (Fsp3) is 0.821. The smallest absolute Gasteiger partial charge is 0.303 e. The highest BCUT2D eigenvalue weighted by atomic mass is 16.4. The van der Waals surface area contributed by atoms with Gasteiger partial charge in [0.1, 0.15) is 0 Å². The SMILES string of the molecule is CCCCCCC1C(=CCCC(=O)O)[C@]2(C)CC[C@H](O)[C@@H](C=CC(O)C3CCCCC3)[C@H]12. The van der Waals surface area contributed by atoms with Crippen molar-refractivity contribution in [1.29, 1.82) is 0 Å². The van der Waals surface area contributed by atoms with Crippen LogP contribution in [0.15, 0.2) is 23.8 Å². The summed E-state index contributed by atoms with van der Waals surface area (Å²) in [6, 6.07) is 0. The molecular weight excluding hydrogens is 400 g/mol. The van der Waals surface area contributed by atoms with E-state index in [2.05, 4.69) is 26.0 Å². The zero-order valence-corrected chi connectivity index (χ0v) is 20.3. The van der Waals surface area contributed by atoms with Crippen molar-refractivity contribution in [2.45, 2.75) is 116 Å². The van der Waals surface area contributed by atoms with Gasteiger partial charge in [0.15, 0.2) is 0 Å². The predicted octanol–water partition coefficient (Wildman–Crippen LogP) is 6.27. The Balaban J connectivity index is 1.75. The Morgan fingerprint density at radius 1 is 1.16 bits per heavy atom. The molecule has 4 heteroatoms. The normalized spacial score (nSPS) is 35.6. The van der Waals surface area contributed by atoms with E-state index >= 15 is 0 Å². The highest BCUT2D eigenvalue weighted by molar-refractivity contribution is 5.66. The summed E-state index contributed by atoms with van der Waals surface area (Å²) in [4.78, 5) is 11.1. The second-order valence-electron chi connectivity index (χ2n) is 10.9. The maximum Gasteiger partial charge on any atom is 0.303 e. The van der Waals surface area contributed by atoms with Crippen LogP contribution in [0.25, 0.3) is 0 Å². The molecule has 3 saturated carbocycles. The van der Waals surface area contributed by atoms with Crippen molar-refractivity contribution in [3.05, 3.63) is 23.8 Å². The first-order chi connectivity index (χ1) is 15.4. The Bertz CT molecular complexity index is 662. The van der Waals surface area contributed by atoms with Crippen LogP contribution in [-0.4, -0.2) is 33.5 Å². The van der Waals surface area contributed by atoms with Crippen LogP contribution in [0.5, 0.6) is 0 Å². The third kappa shape index (κ3) is 5.86. The van der Waals surface area contributed by atoms with E-state index in [9.17, 15) is 15.0 Å². The molecule has 0 radical (unpaired) electrons. The molecule has 3 aliphatic rings. The molecule has 0 aromatic heterocycles. The molecule has 0 amide bonds. The Morgan fingerprint density at radius 2 is 1.91 bits per heavy atom. The minimum absolute atomic E-state index is 0.0535. The van der Waals surface area contributed by atoms with E-state index in [1.54, 1.807) is 0 Å². The van der Waals surface area contributed by atoms with E-state index in [1.165, 1.54) is 50.5 Å². The number of unbranched alkanes of at least 4 members (excludes halogenated alkanes) is 3. The summed E-state index contributed by atoms with van der Waals surface area (Å²) in [5.74, 6) is 0.532. The van der Waals surface area contributed by atoms with Crippen molar-refractivity contribution in [3.8, 4) is 0 Å². The van der Waals surface area contributed by atoms with E-state index in [-0.39, 0.29) is 23.9 Å². The Hall–Kier alpha value is -1.13. The summed E-state index contributed by atoms with van der Waals surface area (Å²) in [7, 11) is 0. The maximum atomic E-state index is 11.1. The molecule has 2 unspecified atom stereocenters. The Morgan fingerprint density at radius 3 is 2.59 bits per heavy atom. The molecule has 0 saturated heterocycles. The van der Waals surface area contributed by atoms with Crippen LogP contribution in [-0.2, 0) is 4.79 Å². The average Bonchev–Trinajstić information content (AvgIpc) is 2.78. The van der Waals surface area contributed by atoms with Crippen LogP contribution in [0.3, 0.4) is 0 Å². The van der Waals surface area contributed by atoms with Gasteiger partial charge < -0.3 is 15.3 Å². The lowest BCUT2D eigenvalue weighted by Crippen LogP contribution is -2.57. The summed E-state index contributed by atoms with van der Waals surface area (Å²) in [6.45, 7) is 4.56. The first-order valence-corrected chi connectivity index (χ1v) is 13.3. The Labute approximate surface area is 195 Å². The highest BCUT2D eigenvalue weighted by Crippen LogP contribution is 2.65. The lowest BCUT2D eigenvalue weighted by Gasteiger charge is -2.63. The predicted molar refractivity (Wildman–Crippen MR) is 129 cm³/mol. The molecule has 0 heterocycles. The zero-order chi connectivity index (χ0) is 23.1. The lowest BCUT2D eigenvalue weighted by molar-refractivity contribution is -0.136. The molecule has 0 spiro atoms. The van der Waals surface area contributed by atoms with Crippen molar-refractivity contribution in [2.24, 2.45) is 29.1 Å². The van der Waals surface area contributed by atoms with Gasteiger partial charge in [0.05, 0.1) is 12.2 Å². The van der Waals surface area contributed by atoms with Crippen molar-refractivity contribution < 1.29 is 20.1 Å². The fourth-order valence-electron chi connectivity index (χ4n) is 7.03. The first-order valence-electron chi connectivity index (χ1n) is 13.3. The van der Waals surface area contributed by atoms with Gasteiger partial charge in [-0.05, 0) is 61.7 Å². The lowest BCUT2D eigenvalue weighted by atomic mass is 9.42. The standard InChI is InChI=1S/C28H46O4/c1-3-4-5-9-13-21-23(14-10-15-26(31)32)28(2)19-18-25(30)22(27(21)28)16-17-24(29)20-11-7-6-8-12-20/h14,16-17,20-22,24-25,27,29-30H,3-13,15,18-19H2,1-2H3,(H,31,32)/t21?,22-,24?,25+,27+,28+/m1/s1. The van der Waals surface area contributed by atoms with Gasteiger partial charge in [0.2, 0.25) is 0 Å². The number of carboxylic acid groups (broad SMARTS) is 1. The topological polar surface area (TPSA) is 77.8 Å². The molecular formula is C28H46O4. The number of allylic oxidation sites excluding steroid dienone is 2. The molecule has 32 heavy (non-hydrogen) atoms. The molecule has 0 aromatic rings. The number of rotatable bonds is 11. The van der Waals surface area contributed by atoms with Crippen molar-refractivity contribution in [2.75, 3.05) is 0 Å². The molecule has 3 N–H and O–H groups in total. The van der Waals surface area contributed by atoms with Gasteiger partial charge in [-0.3, -0.25) is 4.79 Å². The Kier molecular flexibility index (Phi) is 9.43. The van der Waals surface area contributed by atoms with E-state index < -0.39 is 12.1 Å². The molecule has 182 valence electrons. The van der Waals surface area contributed by atoms with E-state index in [1.807, 2.05) is 6.08 Å². The van der Waals surface area contributed by atoms with Crippen molar-refractivity contribution in [1.82, 2.24) is 0 Å². The van der Waals surface area contributed by atoms with E-state index in [0.717, 1.165) is 32.1 Å². The minimum Gasteiger partial charge on any atom is -0.481 e. The third-order valence-electron chi connectivity index (χ3n) is 8.80. The third-order valence-corrected chi connectivity index (χ3v) is 8.80. The van der Waals surface area contributed by atoms with Gasteiger partial charge >= 0.3 is 5.97 Å². The fourth-order valence-corrected chi connectivity index (χ4v) is 7.03. The molecule has 6 atom stereocenters. The van der Waals surface area contributed by atoms with Gasteiger partial charge in [-0.25, -0.2) is 0 Å². The number of aliphatic hydroxyl groups is 2. The number of carbonyl (C=O) groups is 1. The van der Waals surface area contributed by atoms with E-state index in [0.29, 0.717) is 24.2 Å². The minimum atomic E-state index is -0.737. The molecule has 0 aromatic carbocycles. The summed E-state index contributed by atoms with van der Waals surface area (Å²) in [5.41, 5.74) is 1.50. The van der Waals surface area contributed by atoms with E-state index in [4.69, 9.17) is 5.11 Å². The van der Waals surface area contributed by atoms with Crippen LogP contribution in [0.4, 0.5) is 0 Å². The molecule has 0 bridgehead atoms. The number of aliphatic carboxylic acids is 1. The number of carboxylic acids is 1. The summed E-state index contributed by atoms with van der Waals surface area (Å²) >= 11 is 0. The number of hydrogen-bond acceptors (Lipinski definition) is 3. The van der Waals surface area contributed by atoms with Gasteiger partial charge in [-0.15, -0.1) is 0 Å². The van der Waals surface area contributed by atoms with Crippen LogP contribution >= 0.6 is 0 Å². The maximum absolute atomic E-state index is 11.1. The van der Waals surface area contributed by atoms with Crippen LogP contribution in [0.2, 0.25) is 0 Å².